The number of halogens is 2. The summed E-state index contributed by atoms with van der Waals surface area (Å²) >= 11 is 9.85. The highest BCUT2D eigenvalue weighted by atomic mass is 79.9. The van der Waals surface area contributed by atoms with E-state index in [4.69, 9.17) is 25.8 Å². The van der Waals surface area contributed by atoms with Crippen LogP contribution in [0.4, 0.5) is 10.5 Å². The van der Waals surface area contributed by atoms with Crippen LogP contribution in [0.5, 0.6) is 17.2 Å². The molecule has 1 heterocycles. The van der Waals surface area contributed by atoms with Gasteiger partial charge in [-0.1, -0.05) is 33.6 Å². The molecule has 0 bridgehead atoms. The summed E-state index contributed by atoms with van der Waals surface area (Å²) in [6, 6.07) is 14.9. The number of anilines is 1. The van der Waals surface area contributed by atoms with E-state index in [1.165, 1.54) is 6.08 Å². The minimum absolute atomic E-state index is 0.207. The molecule has 0 spiro atoms. The Bertz CT molecular complexity index is 1430. The van der Waals surface area contributed by atoms with E-state index in [-0.39, 0.29) is 23.8 Å². The van der Waals surface area contributed by atoms with Crippen molar-refractivity contribution in [3.8, 4) is 17.2 Å². The van der Waals surface area contributed by atoms with Crippen LogP contribution in [0.2, 0.25) is 5.02 Å². The largest absolute Gasteiger partial charge is 0.490 e. The summed E-state index contributed by atoms with van der Waals surface area (Å²) in [6.45, 7) is 6.64. The maximum absolute atomic E-state index is 13.2. The molecule has 0 aromatic heterocycles. The van der Waals surface area contributed by atoms with Gasteiger partial charge in [-0.2, -0.15) is 0 Å². The van der Waals surface area contributed by atoms with Crippen molar-refractivity contribution in [3.05, 3.63) is 86.4 Å². The molecular weight excluding hydrogens is 588 g/mol. The Hall–Kier alpha value is -3.82. The molecule has 4 amide bonds. The van der Waals surface area contributed by atoms with Gasteiger partial charge >= 0.3 is 6.03 Å². The first-order valence-corrected chi connectivity index (χ1v) is 13.3. The fourth-order valence-corrected chi connectivity index (χ4v) is 4.58. The summed E-state index contributed by atoms with van der Waals surface area (Å²) in [4.78, 5) is 39.1. The molecule has 1 fully saturated rings. The van der Waals surface area contributed by atoms with Crippen molar-refractivity contribution in [2.45, 2.75) is 20.8 Å². The highest BCUT2D eigenvalue weighted by molar-refractivity contribution is 9.10. The van der Waals surface area contributed by atoms with Gasteiger partial charge in [-0.05, 0) is 92.1 Å². The molecule has 0 saturated carbocycles. The quantitative estimate of drug-likeness (QED) is 0.174. The number of carbonyl (C=O) groups excluding carboxylic acids is 3. The topological polar surface area (TPSA) is 94.2 Å². The van der Waals surface area contributed by atoms with E-state index < -0.39 is 17.8 Å². The average Bonchev–Trinajstić information content (AvgIpc) is 2.86. The summed E-state index contributed by atoms with van der Waals surface area (Å²) in [5.41, 5.74) is 2.72. The van der Waals surface area contributed by atoms with Crippen molar-refractivity contribution in [1.29, 1.82) is 0 Å². The second-order valence-electron chi connectivity index (χ2n) is 8.72. The number of rotatable bonds is 9. The Morgan fingerprint density at radius 1 is 0.923 bits per heavy atom. The van der Waals surface area contributed by atoms with Crippen LogP contribution < -0.4 is 24.4 Å². The van der Waals surface area contributed by atoms with Crippen molar-refractivity contribution >= 4 is 57.1 Å². The lowest BCUT2D eigenvalue weighted by atomic mass is 10.1. The van der Waals surface area contributed by atoms with E-state index >= 15 is 0 Å². The van der Waals surface area contributed by atoms with Gasteiger partial charge in [0.25, 0.3) is 11.8 Å². The van der Waals surface area contributed by atoms with E-state index in [9.17, 15) is 14.4 Å². The van der Waals surface area contributed by atoms with E-state index in [1.807, 2.05) is 32.9 Å². The average molecular weight is 614 g/mol. The van der Waals surface area contributed by atoms with Gasteiger partial charge in [0.1, 0.15) is 24.5 Å². The number of hydrogen-bond donors (Lipinski definition) is 1. The summed E-state index contributed by atoms with van der Waals surface area (Å²) in [6.07, 6.45) is 1.36. The monoisotopic (exact) mass is 612 g/mol. The van der Waals surface area contributed by atoms with Crippen LogP contribution in [0.3, 0.4) is 0 Å². The molecule has 202 valence electrons. The first-order chi connectivity index (χ1) is 18.7. The van der Waals surface area contributed by atoms with Crippen LogP contribution in [0.1, 0.15) is 23.6 Å². The third-order valence-electron chi connectivity index (χ3n) is 5.62. The fraction of sp³-hybridized carbons (Fsp3) is 0.207. The zero-order valence-corrected chi connectivity index (χ0v) is 23.9. The molecule has 3 aromatic carbocycles. The Morgan fingerprint density at radius 2 is 1.59 bits per heavy atom. The molecular formula is C29H26BrClN2O6. The van der Waals surface area contributed by atoms with Gasteiger partial charge in [-0.15, -0.1) is 0 Å². The number of benzene rings is 3. The number of hydrogen-bond acceptors (Lipinski definition) is 6. The fourth-order valence-electron chi connectivity index (χ4n) is 4.04. The second-order valence-corrected chi connectivity index (χ2v) is 10.0. The van der Waals surface area contributed by atoms with Gasteiger partial charge in [-0.3, -0.25) is 14.9 Å². The number of carbonyl (C=O) groups is 3. The Morgan fingerprint density at radius 3 is 2.26 bits per heavy atom. The molecule has 0 radical (unpaired) electrons. The molecule has 0 unspecified atom stereocenters. The maximum Gasteiger partial charge on any atom is 0.335 e. The van der Waals surface area contributed by atoms with E-state index in [2.05, 4.69) is 27.3 Å². The third kappa shape index (κ3) is 6.79. The van der Waals surface area contributed by atoms with Crippen molar-refractivity contribution in [2.75, 3.05) is 24.7 Å². The first-order valence-electron chi connectivity index (χ1n) is 12.1. The number of nitrogens with zero attached hydrogens (tertiary/aromatic N) is 1. The first kappa shape index (κ1) is 28.2. The van der Waals surface area contributed by atoms with Crippen LogP contribution in [-0.2, 0) is 9.59 Å². The molecule has 1 aliphatic heterocycles. The highest BCUT2D eigenvalue weighted by Crippen LogP contribution is 2.37. The summed E-state index contributed by atoms with van der Waals surface area (Å²) in [7, 11) is 0. The van der Waals surface area contributed by atoms with E-state index in [1.54, 1.807) is 36.4 Å². The van der Waals surface area contributed by atoms with E-state index in [0.717, 1.165) is 26.2 Å². The van der Waals surface area contributed by atoms with Gasteiger partial charge < -0.3 is 14.2 Å². The number of ether oxygens (including phenoxy) is 3. The van der Waals surface area contributed by atoms with Crippen molar-refractivity contribution in [3.63, 3.8) is 0 Å². The summed E-state index contributed by atoms with van der Waals surface area (Å²) in [5.74, 6) is -0.163. The second kappa shape index (κ2) is 12.4. The van der Waals surface area contributed by atoms with Crippen molar-refractivity contribution < 1.29 is 28.6 Å². The minimum atomic E-state index is -0.829. The molecule has 0 aliphatic carbocycles. The van der Waals surface area contributed by atoms with Gasteiger partial charge in [0.15, 0.2) is 11.5 Å². The van der Waals surface area contributed by atoms with Crippen molar-refractivity contribution in [1.82, 2.24) is 5.32 Å². The highest BCUT2D eigenvalue weighted by Gasteiger charge is 2.36. The normalized spacial score (nSPS) is 14.4. The molecule has 3 aromatic rings. The SMILES string of the molecule is CCOc1cc(/C=C2/C(=O)NC(=O)N(c3ccc(Br)cc3)C2=O)cc(Cl)c1OCCOc1cc(C)cc(C)c1. The van der Waals surface area contributed by atoms with Gasteiger partial charge in [0.2, 0.25) is 0 Å². The number of urea groups is 1. The molecule has 4 rings (SSSR count). The summed E-state index contributed by atoms with van der Waals surface area (Å²) in [5, 5.41) is 2.43. The van der Waals surface area contributed by atoms with E-state index in [0.29, 0.717) is 29.4 Å². The van der Waals surface area contributed by atoms with Gasteiger partial charge in [0.05, 0.1) is 17.3 Å². The molecule has 8 nitrogen and oxygen atoms in total. The number of aryl methyl sites for hydroxylation is 2. The van der Waals surface area contributed by atoms with Gasteiger partial charge in [0, 0.05) is 4.47 Å². The third-order valence-corrected chi connectivity index (χ3v) is 6.43. The van der Waals surface area contributed by atoms with Crippen molar-refractivity contribution in [2.24, 2.45) is 0 Å². The lowest BCUT2D eigenvalue weighted by Crippen LogP contribution is -2.54. The molecule has 1 N–H and O–H groups in total. The van der Waals surface area contributed by atoms with Gasteiger partial charge in [-0.25, -0.2) is 9.69 Å². The number of imide groups is 2. The zero-order chi connectivity index (χ0) is 28.1. The zero-order valence-electron chi connectivity index (χ0n) is 21.5. The molecule has 1 aliphatic rings. The predicted octanol–water partition coefficient (Wildman–Crippen LogP) is 6.24. The van der Waals surface area contributed by atoms with Crippen LogP contribution >= 0.6 is 27.5 Å². The number of nitrogens with one attached hydrogen (secondary N) is 1. The number of barbiturate groups is 1. The lowest BCUT2D eigenvalue weighted by molar-refractivity contribution is -0.122. The molecule has 1 saturated heterocycles. The summed E-state index contributed by atoms with van der Waals surface area (Å²) < 4.78 is 18.2. The van der Waals surface area contributed by atoms with Crippen LogP contribution in [0.15, 0.2) is 64.6 Å². The Kier molecular flexibility index (Phi) is 8.93. The van der Waals surface area contributed by atoms with Crippen LogP contribution in [0, 0.1) is 13.8 Å². The lowest BCUT2D eigenvalue weighted by Gasteiger charge is -2.26. The molecule has 39 heavy (non-hydrogen) atoms. The molecule has 0 atom stereocenters. The minimum Gasteiger partial charge on any atom is -0.490 e. The standard InChI is InChI=1S/C29H26BrClN2O6/c1-4-37-25-16-19(15-24(31)26(25)39-10-9-38-22-12-17(2)11-18(3)13-22)14-23-27(34)32-29(36)33(28(23)35)21-7-5-20(30)6-8-21/h5-8,11-16H,4,9-10H2,1-3H3,(H,32,34,36)/b23-14-. The maximum atomic E-state index is 13.2. The number of amides is 4. The Labute approximate surface area is 239 Å². The van der Waals surface area contributed by atoms with Crippen LogP contribution in [0.25, 0.3) is 6.08 Å². The van der Waals surface area contributed by atoms with Crippen LogP contribution in [-0.4, -0.2) is 37.7 Å². The smallest absolute Gasteiger partial charge is 0.335 e. The Balaban J connectivity index is 1.54. The molecule has 10 heteroatoms. The predicted molar refractivity (Wildman–Crippen MR) is 153 cm³/mol.